The Bertz CT molecular complexity index is 332. The van der Waals surface area contributed by atoms with Gasteiger partial charge in [0.15, 0.2) is 0 Å². The molecule has 0 radical (unpaired) electrons. The number of Topliss-reactive ketones (excluding diaryl/α,β-unsaturated/α-hetero) is 1. The van der Waals surface area contributed by atoms with Gasteiger partial charge >= 0.3 is 5.97 Å². The first-order valence-corrected chi connectivity index (χ1v) is 8.88. The quantitative estimate of drug-likeness (QED) is 0.511. The van der Waals surface area contributed by atoms with Crippen molar-refractivity contribution in [1.82, 2.24) is 0 Å². The van der Waals surface area contributed by atoms with E-state index in [2.05, 4.69) is 27.7 Å². The van der Waals surface area contributed by atoms with Crippen molar-refractivity contribution >= 4 is 11.8 Å². The monoisotopic (exact) mass is 312 g/mol. The molecule has 2 atom stereocenters. The molecule has 0 aliphatic rings. The van der Waals surface area contributed by atoms with Crippen molar-refractivity contribution in [3.63, 3.8) is 0 Å². The molecule has 0 N–H and O–H groups in total. The molecule has 0 bridgehead atoms. The number of rotatable bonds is 11. The number of carbonyl (C=O) groups excluding carboxylic acids is 2. The maximum absolute atomic E-state index is 12.5. The molecule has 0 saturated carbocycles. The van der Waals surface area contributed by atoms with Crippen LogP contribution < -0.4 is 0 Å². The number of carbonyl (C=O) groups is 2. The summed E-state index contributed by atoms with van der Waals surface area (Å²) < 4.78 is 5.47. The van der Waals surface area contributed by atoms with Crippen molar-refractivity contribution in [2.45, 2.75) is 74.1 Å². The molecule has 0 fully saturated rings. The highest BCUT2D eigenvalue weighted by Gasteiger charge is 2.35. The summed E-state index contributed by atoms with van der Waals surface area (Å²) >= 11 is 0. The van der Waals surface area contributed by atoms with Crippen molar-refractivity contribution < 1.29 is 14.3 Å². The first-order valence-electron chi connectivity index (χ1n) is 8.88. The van der Waals surface area contributed by atoms with E-state index in [4.69, 9.17) is 4.74 Å². The average molecular weight is 312 g/mol. The lowest BCUT2D eigenvalue weighted by molar-refractivity contribution is -0.155. The van der Waals surface area contributed by atoms with E-state index < -0.39 is 0 Å². The van der Waals surface area contributed by atoms with Crippen LogP contribution >= 0.6 is 0 Å². The van der Waals surface area contributed by atoms with Crippen LogP contribution in [-0.2, 0) is 14.3 Å². The van der Waals surface area contributed by atoms with Gasteiger partial charge in [-0.25, -0.2) is 0 Å². The lowest BCUT2D eigenvalue weighted by Gasteiger charge is -2.27. The molecule has 0 heterocycles. The van der Waals surface area contributed by atoms with Crippen molar-refractivity contribution in [3.8, 4) is 0 Å². The normalized spacial score (nSPS) is 14.5. The van der Waals surface area contributed by atoms with E-state index in [0.717, 1.165) is 19.3 Å². The van der Waals surface area contributed by atoms with E-state index in [-0.39, 0.29) is 23.6 Å². The van der Waals surface area contributed by atoms with Gasteiger partial charge in [0.2, 0.25) is 0 Å². The van der Waals surface area contributed by atoms with Crippen LogP contribution in [0.25, 0.3) is 0 Å². The van der Waals surface area contributed by atoms with E-state index in [1.165, 1.54) is 0 Å². The van der Waals surface area contributed by atoms with Gasteiger partial charge in [0, 0.05) is 12.3 Å². The summed E-state index contributed by atoms with van der Waals surface area (Å²) in [6, 6.07) is 0. The molecular weight excluding hydrogens is 276 g/mol. The molecule has 3 heteroatoms. The standard InChI is InChI=1S/C19H36O3/c1-8-9-18(20)16(10-13(2)3)17(11-14(4)5)19(21)22-12-15(6)7/h13-17H,8-12H2,1-7H3. The zero-order chi connectivity index (χ0) is 17.3. The van der Waals surface area contributed by atoms with E-state index in [1.54, 1.807) is 0 Å². The van der Waals surface area contributed by atoms with Crippen molar-refractivity contribution in [3.05, 3.63) is 0 Å². The number of hydrogen-bond acceptors (Lipinski definition) is 3. The maximum Gasteiger partial charge on any atom is 0.309 e. The highest BCUT2D eigenvalue weighted by molar-refractivity contribution is 5.86. The molecular formula is C19H36O3. The van der Waals surface area contributed by atoms with Crippen LogP contribution in [0.3, 0.4) is 0 Å². The Morgan fingerprint density at radius 3 is 1.73 bits per heavy atom. The molecule has 0 rings (SSSR count). The smallest absolute Gasteiger partial charge is 0.309 e. The predicted octanol–water partition coefficient (Wildman–Crippen LogP) is 4.88. The van der Waals surface area contributed by atoms with Crippen LogP contribution in [0.2, 0.25) is 0 Å². The largest absolute Gasteiger partial charge is 0.465 e. The van der Waals surface area contributed by atoms with Gasteiger partial charge in [-0.05, 0) is 37.0 Å². The fourth-order valence-electron chi connectivity index (χ4n) is 2.75. The third kappa shape index (κ3) is 8.55. The van der Waals surface area contributed by atoms with Crippen LogP contribution in [0.4, 0.5) is 0 Å². The van der Waals surface area contributed by atoms with Crippen molar-refractivity contribution in [1.29, 1.82) is 0 Å². The van der Waals surface area contributed by atoms with Gasteiger partial charge in [-0.15, -0.1) is 0 Å². The van der Waals surface area contributed by atoms with Crippen LogP contribution in [0.5, 0.6) is 0 Å². The van der Waals surface area contributed by atoms with Gasteiger partial charge in [0.25, 0.3) is 0 Å². The van der Waals surface area contributed by atoms with Crippen molar-refractivity contribution in [2.75, 3.05) is 6.61 Å². The topological polar surface area (TPSA) is 43.4 Å². The van der Waals surface area contributed by atoms with Crippen LogP contribution in [0.1, 0.15) is 74.1 Å². The van der Waals surface area contributed by atoms with Crippen molar-refractivity contribution in [2.24, 2.45) is 29.6 Å². The summed E-state index contributed by atoms with van der Waals surface area (Å²) in [7, 11) is 0. The molecule has 0 aromatic rings. The van der Waals surface area contributed by atoms with Gasteiger partial charge < -0.3 is 4.74 Å². The second-order valence-corrected chi connectivity index (χ2v) is 7.71. The molecule has 130 valence electrons. The number of hydrogen-bond donors (Lipinski definition) is 0. The third-order valence-electron chi connectivity index (χ3n) is 3.71. The number of esters is 1. The summed E-state index contributed by atoms with van der Waals surface area (Å²) in [5, 5.41) is 0. The van der Waals surface area contributed by atoms with Gasteiger partial charge in [0.1, 0.15) is 5.78 Å². The fraction of sp³-hybridized carbons (Fsp3) is 0.895. The van der Waals surface area contributed by atoms with Gasteiger partial charge in [-0.2, -0.15) is 0 Å². The maximum atomic E-state index is 12.5. The minimum Gasteiger partial charge on any atom is -0.465 e. The van der Waals surface area contributed by atoms with Gasteiger partial charge in [-0.1, -0.05) is 48.5 Å². The molecule has 0 amide bonds. The second kappa shape index (κ2) is 10.8. The lowest BCUT2D eigenvalue weighted by atomic mass is 9.77. The highest BCUT2D eigenvalue weighted by atomic mass is 16.5. The summed E-state index contributed by atoms with van der Waals surface area (Å²) in [6.45, 7) is 14.9. The Labute approximate surface area is 137 Å². The molecule has 0 saturated heterocycles. The van der Waals surface area contributed by atoms with E-state index >= 15 is 0 Å². The molecule has 0 aromatic heterocycles. The fourth-order valence-corrected chi connectivity index (χ4v) is 2.75. The Morgan fingerprint density at radius 1 is 0.818 bits per heavy atom. The number of ether oxygens (including phenoxy) is 1. The highest BCUT2D eigenvalue weighted by Crippen LogP contribution is 2.30. The molecule has 2 unspecified atom stereocenters. The van der Waals surface area contributed by atoms with Crippen LogP contribution in [-0.4, -0.2) is 18.4 Å². The molecule has 0 aliphatic carbocycles. The van der Waals surface area contributed by atoms with Gasteiger partial charge in [0.05, 0.1) is 12.5 Å². The molecule has 0 spiro atoms. The average Bonchev–Trinajstić information content (AvgIpc) is 2.39. The van der Waals surface area contributed by atoms with E-state index in [0.29, 0.717) is 30.8 Å². The molecule has 3 nitrogen and oxygen atoms in total. The Kier molecular flexibility index (Phi) is 10.4. The zero-order valence-corrected chi connectivity index (χ0v) is 15.6. The molecule has 22 heavy (non-hydrogen) atoms. The molecule has 0 aromatic carbocycles. The lowest BCUT2D eigenvalue weighted by Crippen LogP contribution is -2.34. The van der Waals surface area contributed by atoms with Crippen LogP contribution in [0, 0.1) is 29.6 Å². The minimum atomic E-state index is -0.291. The summed E-state index contributed by atoms with van der Waals surface area (Å²) in [5.41, 5.74) is 0. The predicted molar refractivity (Wildman–Crippen MR) is 91.6 cm³/mol. The van der Waals surface area contributed by atoms with Gasteiger partial charge in [-0.3, -0.25) is 9.59 Å². The first kappa shape index (κ1) is 21.1. The third-order valence-corrected chi connectivity index (χ3v) is 3.71. The minimum absolute atomic E-state index is 0.183. The SMILES string of the molecule is CCCC(=O)C(CC(C)C)C(CC(C)C)C(=O)OCC(C)C. The molecule has 0 aliphatic heterocycles. The summed E-state index contributed by atoms with van der Waals surface area (Å²) in [6.07, 6.45) is 2.89. The zero-order valence-electron chi connectivity index (χ0n) is 15.6. The Balaban J connectivity index is 5.17. The first-order chi connectivity index (χ1) is 10.2. The Hall–Kier alpha value is -0.860. The second-order valence-electron chi connectivity index (χ2n) is 7.71. The van der Waals surface area contributed by atoms with E-state index in [9.17, 15) is 9.59 Å². The van der Waals surface area contributed by atoms with E-state index in [1.807, 2.05) is 20.8 Å². The van der Waals surface area contributed by atoms with Crippen LogP contribution in [0.15, 0.2) is 0 Å². The number of ketones is 1. The summed E-state index contributed by atoms with van der Waals surface area (Å²) in [5.74, 6) is 0.653. The summed E-state index contributed by atoms with van der Waals surface area (Å²) in [4.78, 5) is 25.1. The Morgan fingerprint density at radius 2 is 1.32 bits per heavy atom.